The van der Waals surface area contributed by atoms with Crippen molar-refractivity contribution >= 4 is 43.7 Å². The Bertz CT molecular complexity index is 2440. The predicted octanol–water partition coefficient (Wildman–Crippen LogP) is 9.87. The number of furan rings is 1. The van der Waals surface area contributed by atoms with Crippen LogP contribution in [0.25, 0.3) is 83.6 Å². The number of hydrogen-bond acceptors (Lipinski definition) is 4. The zero-order valence-electron chi connectivity index (χ0n) is 23.6. The molecule has 9 aromatic rings. The number of hydrogen-bond donors (Lipinski definition) is 0. The molecule has 0 unspecified atom stereocenters. The van der Waals surface area contributed by atoms with E-state index in [2.05, 4.69) is 95.6 Å². The zero-order valence-corrected chi connectivity index (χ0v) is 23.6. The molecule has 0 aliphatic rings. The first-order chi connectivity index (χ1) is 21.8. The van der Waals surface area contributed by atoms with E-state index in [0.717, 1.165) is 60.4 Å². The second kappa shape index (κ2) is 9.75. The highest BCUT2D eigenvalue weighted by atomic mass is 16.3. The zero-order chi connectivity index (χ0) is 29.0. The summed E-state index contributed by atoms with van der Waals surface area (Å²) in [4.78, 5) is 15.2. The summed E-state index contributed by atoms with van der Waals surface area (Å²) in [6.07, 6.45) is 0. The molecule has 0 aliphatic carbocycles. The highest BCUT2D eigenvalue weighted by Gasteiger charge is 2.18. The van der Waals surface area contributed by atoms with Gasteiger partial charge in [-0.25, -0.2) is 4.98 Å². The minimum atomic E-state index is 0.578. The van der Waals surface area contributed by atoms with Gasteiger partial charge in [0.1, 0.15) is 11.2 Å². The highest BCUT2D eigenvalue weighted by molar-refractivity contribution is 6.09. The lowest BCUT2D eigenvalue weighted by atomic mass is 10.0. The summed E-state index contributed by atoms with van der Waals surface area (Å²) < 4.78 is 8.39. The van der Waals surface area contributed by atoms with Crippen molar-refractivity contribution in [2.75, 3.05) is 0 Å². The molecule has 0 amide bonds. The van der Waals surface area contributed by atoms with E-state index in [-0.39, 0.29) is 0 Å². The summed E-state index contributed by atoms with van der Waals surface area (Å²) in [5.41, 5.74) is 7.92. The topological polar surface area (TPSA) is 56.7 Å². The minimum Gasteiger partial charge on any atom is -0.456 e. The molecule has 0 fully saturated rings. The second-order valence-electron chi connectivity index (χ2n) is 10.9. The van der Waals surface area contributed by atoms with Crippen molar-refractivity contribution in [3.63, 3.8) is 0 Å². The predicted molar refractivity (Wildman–Crippen MR) is 178 cm³/mol. The van der Waals surface area contributed by atoms with Crippen molar-refractivity contribution in [3.05, 3.63) is 146 Å². The number of benzene rings is 6. The third-order valence-corrected chi connectivity index (χ3v) is 8.27. The molecule has 44 heavy (non-hydrogen) atoms. The number of fused-ring (bicyclic) bond motifs is 6. The first-order valence-electron chi connectivity index (χ1n) is 14.6. The van der Waals surface area contributed by atoms with E-state index >= 15 is 0 Å². The van der Waals surface area contributed by atoms with Crippen molar-refractivity contribution in [2.24, 2.45) is 0 Å². The molecule has 0 saturated heterocycles. The first kappa shape index (κ1) is 24.5. The Balaban J connectivity index is 1.28. The van der Waals surface area contributed by atoms with Gasteiger partial charge in [-0.2, -0.15) is 9.97 Å². The molecule has 6 aromatic carbocycles. The average Bonchev–Trinajstić information content (AvgIpc) is 3.64. The molecule has 0 atom stereocenters. The summed E-state index contributed by atoms with van der Waals surface area (Å²) in [6.45, 7) is 0. The molecule has 0 radical (unpaired) electrons. The lowest BCUT2D eigenvalue weighted by Gasteiger charge is -2.11. The summed E-state index contributed by atoms with van der Waals surface area (Å²) in [5.74, 6) is 1.80. The van der Waals surface area contributed by atoms with Gasteiger partial charge < -0.3 is 4.42 Å². The molecule has 9 rings (SSSR count). The molecule has 3 aromatic heterocycles. The maximum absolute atomic E-state index is 6.25. The van der Waals surface area contributed by atoms with Crippen LogP contribution in [0.3, 0.4) is 0 Å². The van der Waals surface area contributed by atoms with Crippen LogP contribution in [0.5, 0.6) is 0 Å². The fourth-order valence-electron chi connectivity index (χ4n) is 6.17. The average molecular weight is 565 g/mol. The SMILES string of the molecule is c1ccc(-c2ccc3oc4ccc(-c5nc(-c6ccccc6)nc(-n6c7ccccc7c7ccccc76)n5)cc4c3c2)cc1. The fourth-order valence-corrected chi connectivity index (χ4v) is 6.17. The lowest BCUT2D eigenvalue weighted by molar-refractivity contribution is 0.669. The van der Waals surface area contributed by atoms with E-state index in [1.54, 1.807) is 0 Å². The molecule has 0 spiro atoms. The van der Waals surface area contributed by atoms with Crippen molar-refractivity contribution in [1.82, 2.24) is 19.5 Å². The van der Waals surface area contributed by atoms with Gasteiger partial charge in [0, 0.05) is 32.7 Å². The van der Waals surface area contributed by atoms with Gasteiger partial charge in [-0.1, -0.05) is 103 Å². The Morgan fingerprint density at radius 2 is 0.886 bits per heavy atom. The third kappa shape index (κ3) is 3.91. The highest BCUT2D eigenvalue weighted by Crippen LogP contribution is 2.36. The monoisotopic (exact) mass is 564 g/mol. The van der Waals surface area contributed by atoms with Gasteiger partial charge in [0.2, 0.25) is 5.95 Å². The van der Waals surface area contributed by atoms with Crippen LogP contribution < -0.4 is 0 Å². The molecule has 5 nitrogen and oxygen atoms in total. The van der Waals surface area contributed by atoms with Gasteiger partial charge in [-0.15, -0.1) is 0 Å². The van der Waals surface area contributed by atoms with Gasteiger partial charge >= 0.3 is 0 Å². The normalized spacial score (nSPS) is 11.6. The molecular formula is C39H24N4O. The van der Waals surface area contributed by atoms with Gasteiger partial charge in [0.25, 0.3) is 0 Å². The van der Waals surface area contributed by atoms with Crippen LogP contribution in [-0.4, -0.2) is 19.5 Å². The van der Waals surface area contributed by atoms with Crippen LogP contribution in [0.15, 0.2) is 150 Å². The summed E-state index contributed by atoms with van der Waals surface area (Å²) in [7, 11) is 0. The van der Waals surface area contributed by atoms with Crippen molar-refractivity contribution in [1.29, 1.82) is 0 Å². The summed E-state index contributed by atoms with van der Waals surface area (Å²) >= 11 is 0. The third-order valence-electron chi connectivity index (χ3n) is 8.27. The lowest BCUT2D eigenvalue weighted by Crippen LogP contribution is -2.06. The van der Waals surface area contributed by atoms with Gasteiger partial charge in [-0.05, 0) is 53.6 Å². The Kier molecular flexibility index (Phi) is 5.43. The van der Waals surface area contributed by atoms with Gasteiger partial charge in [-0.3, -0.25) is 4.57 Å². The van der Waals surface area contributed by atoms with Crippen LogP contribution in [-0.2, 0) is 0 Å². The van der Waals surface area contributed by atoms with E-state index in [9.17, 15) is 0 Å². The van der Waals surface area contributed by atoms with Crippen LogP contribution in [0.4, 0.5) is 0 Å². The molecule has 0 N–H and O–H groups in total. The van der Waals surface area contributed by atoms with Gasteiger partial charge in [0.15, 0.2) is 11.6 Å². The molecule has 0 aliphatic heterocycles. The Labute approximate surface area is 252 Å². The molecule has 0 saturated carbocycles. The number of nitrogens with zero attached hydrogens (tertiary/aromatic N) is 4. The van der Waals surface area contributed by atoms with E-state index in [1.165, 1.54) is 5.56 Å². The molecular weight excluding hydrogens is 540 g/mol. The largest absolute Gasteiger partial charge is 0.456 e. The van der Waals surface area contributed by atoms with E-state index in [0.29, 0.717) is 17.6 Å². The minimum absolute atomic E-state index is 0.578. The van der Waals surface area contributed by atoms with Gasteiger partial charge in [0.05, 0.1) is 11.0 Å². The summed E-state index contributed by atoms with van der Waals surface area (Å²) in [6, 6.07) is 49.8. The van der Waals surface area contributed by atoms with Crippen LogP contribution in [0.1, 0.15) is 0 Å². The molecule has 206 valence electrons. The molecule has 0 bridgehead atoms. The number of para-hydroxylation sites is 2. The Morgan fingerprint density at radius 3 is 1.52 bits per heavy atom. The number of rotatable bonds is 4. The van der Waals surface area contributed by atoms with Crippen LogP contribution in [0, 0.1) is 0 Å². The molecule has 5 heteroatoms. The van der Waals surface area contributed by atoms with Crippen molar-refractivity contribution < 1.29 is 4.42 Å². The van der Waals surface area contributed by atoms with E-state index < -0.39 is 0 Å². The maximum atomic E-state index is 6.25. The van der Waals surface area contributed by atoms with Crippen molar-refractivity contribution in [3.8, 4) is 39.9 Å². The second-order valence-corrected chi connectivity index (χ2v) is 10.9. The Morgan fingerprint density at radius 1 is 0.386 bits per heavy atom. The summed E-state index contributed by atoms with van der Waals surface area (Å²) in [5, 5.41) is 4.40. The van der Waals surface area contributed by atoms with Crippen LogP contribution in [0.2, 0.25) is 0 Å². The Hall–Kier alpha value is -6.07. The number of aromatic nitrogens is 4. The smallest absolute Gasteiger partial charge is 0.238 e. The van der Waals surface area contributed by atoms with Crippen molar-refractivity contribution in [2.45, 2.75) is 0 Å². The molecule has 3 heterocycles. The van der Waals surface area contributed by atoms with E-state index in [4.69, 9.17) is 19.4 Å². The van der Waals surface area contributed by atoms with Crippen LogP contribution >= 0.6 is 0 Å². The van der Waals surface area contributed by atoms with E-state index in [1.807, 2.05) is 54.6 Å². The quantitative estimate of drug-likeness (QED) is 0.213. The first-order valence-corrected chi connectivity index (χ1v) is 14.6. The fraction of sp³-hybridized carbons (Fsp3) is 0. The maximum Gasteiger partial charge on any atom is 0.238 e. The standard InChI is InChI=1S/C39H24N4O/c1-3-11-25(12-4-1)27-19-21-35-31(23-27)32-24-28(20-22-36(32)44-35)38-40-37(26-13-5-2-6-14-26)41-39(42-38)43-33-17-9-7-15-29(33)30-16-8-10-18-34(30)43/h1-24H.